The SMILES string of the molecule is CCCc1cc2c(=O)n(C)oc2c(CCC)c1OC(C(=O)OC(C)C(C)N1CCCC1)c1ccc(C(C)C)cc1. The number of likely N-dealkylation sites (tertiary alicyclic amines) is 1. The minimum absolute atomic E-state index is 0.122. The summed E-state index contributed by atoms with van der Waals surface area (Å²) in [5.41, 5.74) is 4.04. The number of carbonyl (C=O) groups excluding carboxylic acids is 1. The van der Waals surface area contributed by atoms with Gasteiger partial charge < -0.3 is 14.0 Å². The van der Waals surface area contributed by atoms with Crippen LogP contribution in [0.25, 0.3) is 11.0 Å². The third-order valence-corrected chi connectivity index (χ3v) is 8.22. The summed E-state index contributed by atoms with van der Waals surface area (Å²) in [7, 11) is 1.62. The summed E-state index contributed by atoms with van der Waals surface area (Å²) < 4.78 is 20.0. The number of ether oxygens (including phenoxy) is 2. The number of hydrogen-bond donors (Lipinski definition) is 0. The first-order valence-electron chi connectivity index (χ1n) is 15.0. The Labute approximate surface area is 238 Å². The van der Waals surface area contributed by atoms with Crippen LogP contribution in [0.1, 0.15) is 102 Å². The highest BCUT2D eigenvalue weighted by molar-refractivity contribution is 5.84. The zero-order valence-corrected chi connectivity index (χ0v) is 25.3. The summed E-state index contributed by atoms with van der Waals surface area (Å²) >= 11 is 0. The topological polar surface area (TPSA) is 73.9 Å². The third kappa shape index (κ3) is 6.30. The number of fused-ring (bicyclic) bond motifs is 1. The van der Waals surface area contributed by atoms with Gasteiger partial charge in [0.2, 0.25) is 6.10 Å². The molecule has 3 atom stereocenters. The first-order chi connectivity index (χ1) is 19.2. The van der Waals surface area contributed by atoms with Crippen LogP contribution < -0.4 is 10.3 Å². The number of hydrogen-bond acceptors (Lipinski definition) is 6. The molecule has 2 aromatic carbocycles. The Hall–Kier alpha value is -3.06. The molecule has 3 aromatic rings. The number of aromatic nitrogens is 1. The van der Waals surface area contributed by atoms with Crippen molar-refractivity contribution in [2.75, 3.05) is 13.1 Å². The number of aryl methyl sites for hydroxylation is 3. The Bertz CT molecular complexity index is 1350. The molecule has 7 heteroatoms. The number of carbonyl (C=O) groups is 1. The van der Waals surface area contributed by atoms with Crippen LogP contribution in [0.2, 0.25) is 0 Å². The molecule has 1 aliphatic rings. The van der Waals surface area contributed by atoms with Crippen molar-refractivity contribution >= 4 is 16.9 Å². The zero-order valence-electron chi connectivity index (χ0n) is 25.3. The van der Waals surface area contributed by atoms with E-state index >= 15 is 0 Å². The number of nitrogens with zero attached hydrogens (tertiary/aromatic N) is 2. The van der Waals surface area contributed by atoms with Crippen molar-refractivity contribution in [1.29, 1.82) is 0 Å². The molecule has 0 amide bonds. The van der Waals surface area contributed by atoms with Gasteiger partial charge in [-0.2, -0.15) is 4.74 Å². The van der Waals surface area contributed by atoms with Gasteiger partial charge in [0.1, 0.15) is 11.9 Å². The van der Waals surface area contributed by atoms with Crippen LogP contribution >= 0.6 is 0 Å². The fraction of sp³-hybridized carbons (Fsp3) is 0.576. The zero-order chi connectivity index (χ0) is 29.0. The highest BCUT2D eigenvalue weighted by Gasteiger charge is 2.32. The average molecular weight is 551 g/mol. The summed E-state index contributed by atoms with van der Waals surface area (Å²) in [4.78, 5) is 29.1. The molecule has 7 nitrogen and oxygen atoms in total. The molecule has 0 N–H and O–H groups in total. The lowest BCUT2D eigenvalue weighted by Gasteiger charge is -2.30. The second kappa shape index (κ2) is 13.1. The van der Waals surface area contributed by atoms with Gasteiger partial charge in [0.25, 0.3) is 5.56 Å². The Kier molecular flexibility index (Phi) is 9.77. The summed E-state index contributed by atoms with van der Waals surface area (Å²) in [6, 6.07) is 10.0. The number of benzene rings is 2. The van der Waals surface area contributed by atoms with Crippen LogP contribution in [0.15, 0.2) is 39.6 Å². The smallest absolute Gasteiger partial charge is 0.352 e. The first kappa shape index (κ1) is 29.9. The fourth-order valence-corrected chi connectivity index (χ4v) is 5.67. The third-order valence-electron chi connectivity index (χ3n) is 8.22. The predicted molar refractivity (Wildman–Crippen MR) is 159 cm³/mol. The van der Waals surface area contributed by atoms with Crippen LogP contribution in [-0.4, -0.2) is 40.8 Å². The minimum atomic E-state index is -0.950. The van der Waals surface area contributed by atoms with Gasteiger partial charge in [0.05, 0.1) is 5.39 Å². The largest absolute Gasteiger partial charge is 0.473 e. The molecule has 0 saturated carbocycles. The highest BCUT2D eigenvalue weighted by atomic mass is 16.6. The van der Waals surface area contributed by atoms with Gasteiger partial charge in [-0.1, -0.05) is 64.8 Å². The van der Waals surface area contributed by atoms with Gasteiger partial charge in [-0.25, -0.2) is 4.79 Å². The standard InChI is InChI=1S/C33H46N2O5/c1-8-12-26-20-28-31(40-34(7)32(28)36)27(13-9-2)29(26)39-30(25-16-14-24(15-17-25)21(3)4)33(37)38-23(6)22(5)35-18-10-11-19-35/h14-17,20-23,30H,8-13,18-19H2,1-7H3. The predicted octanol–water partition coefficient (Wildman–Crippen LogP) is 6.70. The quantitative estimate of drug-likeness (QED) is 0.234. The van der Waals surface area contributed by atoms with Crippen molar-refractivity contribution in [3.05, 3.63) is 62.9 Å². The summed E-state index contributed by atoms with van der Waals surface area (Å²) in [5, 5.41) is 0.551. The van der Waals surface area contributed by atoms with E-state index in [4.69, 9.17) is 14.0 Å². The van der Waals surface area contributed by atoms with Gasteiger partial charge in [0.15, 0.2) is 5.58 Å². The van der Waals surface area contributed by atoms with E-state index in [-0.39, 0.29) is 17.7 Å². The van der Waals surface area contributed by atoms with E-state index in [0.29, 0.717) is 35.5 Å². The Morgan fingerprint density at radius 3 is 2.20 bits per heavy atom. The molecule has 1 aromatic heterocycles. The lowest BCUT2D eigenvalue weighted by atomic mass is 9.97. The molecule has 4 rings (SSSR count). The van der Waals surface area contributed by atoms with Crippen LogP contribution in [0.3, 0.4) is 0 Å². The van der Waals surface area contributed by atoms with E-state index in [2.05, 4.69) is 51.7 Å². The Morgan fingerprint density at radius 1 is 0.975 bits per heavy atom. The lowest BCUT2D eigenvalue weighted by molar-refractivity contribution is -0.160. The maximum absolute atomic E-state index is 13.9. The van der Waals surface area contributed by atoms with Crippen molar-refractivity contribution in [2.24, 2.45) is 7.05 Å². The molecule has 0 radical (unpaired) electrons. The molecular weight excluding hydrogens is 504 g/mol. The monoisotopic (exact) mass is 550 g/mol. The van der Waals surface area contributed by atoms with Crippen LogP contribution in [0.4, 0.5) is 0 Å². The molecule has 0 spiro atoms. The summed E-state index contributed by atoms with van der Waals surface area (Å²) in [6.07, 6.45) is 4.20. The number of rotatable bonds is 12. The molecular formula is C33H46N2O5. The molecule has 1 aliphatic heterocycles. The van der Waals surface area contributed by atoms with E-state index in [1.807, 2.05) is 25.1 Å². The molecule has 0 aliphatic carbocycles. The average Bonchev–Trinajstić information content (AvgIpc) is 3.57. The van der Waals surface area contributed by atoms with Crippen LogP contribution in [0, 0.1) is 0 Å². The first-order valence-corrected chi connectivity index (χ1v) is 15.0. The second-order valence-electron chi connectivity index (χ2n) is 11.6. The van der Waals surface area contributed by atoms with Crippen molar-refractivity contribution in [3.63, 3.8) is 0 Å². The maximum atomic E-state index is 13.9. The van der Waals surface area contributed by atoms with E-state index in [1.54, 1.807) is 7.05 Å². The molecule has 2 heterocycles. The van der Waals surface area contributed by atoms with E-state index in [9.17, 15) is 9.59 Å². The second-order valence-corrected chi connectivity index (χ2v) is 11.6. The fourth-order valence-electron chi connectivity index (χ4n) is 5.67. The van der Waals surface area contributed by atoms with Gasteiger partial charge in [-0.3, -0.25) is 9.69 Å². The van der Waals surface area contributed by atoms with Crippen molar-refractivity contribution in [1.82, 2.24) is 9.64 Å². The van der Waals surface area contributed by atoms with E-state index in [0.717, 1.165) is 42.6 Å². The van der Waals surface area contributed by atoms with Gasteiger partial charge in [0, 0.05) is 24.2 Å². The van der Waals surface area contributed by atoms with Gasteiger partial charge in [-0.15, -0.1) is 0 Å². The van der Waals surface area contributed by atoms with Gasteiger partial charge >= 0.3 is 5.97 Å². The van der Waals surface area contributed by atoms with Crippen LogP contribution in [-0.2, 0) is 29.4 Å². The molecule has 3 unspecified atom stereocenters. The Balaban J connectivity index is 1.77. The Morgan fingerprint density at radius 2 is 1.60 bits per heavy atom. The highest BCUT2D eigenvalue weighted by Crippen LogP contribution is 2.37. The molecule has 218 valence electrons. The normalized spacial score (nSPS) is 16.4. The summed E-state index contributed by atoms with van der Waals surface area (Å²) in [5.74, 6) is 0.591. The van der Waals surface area contributed by atoms with Crippen molar-refractivity contribution < 1.29 is 18.8 Å². The molecule has 40 heavy (non-hydrogen) atoms. The molecule has 1 fully saturated rings. The number of esters is 1. The van der Waals surface area contributed by atoms with Gasteiger partial charge in [-0.05, 0) is 75.7 Å². The van der Waals surface area contributed by atoms with E-state index < -0.39 is 12.1 Å². The summed E-state index contributed by atoms with van der Waals surface area (Å²) in [6.45, 7) is 14.6. The van der Waals surface area contributed by atoms with Crippen LogP contribution in [0.5, 0.6) is 5.75 Å². The van der Waals surface area contributed by atoms with Crippen molar-refractivity contribution in [3.8, 4) is 5.75 Å². The minimum Gasteiger partial charge on any atom is -0.473 e. The lowest BCUT2D eigenvalue weighted by Crippen LogP contribution is -2.41. The maximum Gasteiger partial charge on any atom is 0.352 e. The van der Waals surface area contributed by atoms with E-state index in [1.165, 1.54) is 23.1 Å². The molecule has 0 bridgehead atoms. The molecule has 1 saturated heterocycles. The van der Waals surface area contributed by atoms with Crippen molar-refractivity contribution in [2.45, 2.75) is 104 Å².